The quantitative estimate of drug-likeness (QED) is 0.571. The molecule has 3 aromatic heterocycles. The summed E-state index contributed by atoms with van der Waals surface area (Å²) < 4.78 is 8.87. The predicted octanol–water partition coefficient (Wildman–Crippen LogP) is 3.20. The Hall–Kier alpha value is -3.41. The van der Waals surface area contributed by atoms with Crippen molar-refractivity contribution in [2.45, 2.75) is 13.8 Å². The molecule has 4 rings (SSSR count). The summed E-state index contributed by atoms with van der Waals surface area (Å²) in [6.45, 7) is 3.92. The van der Waals surface area contributed by atoms with Crippen LogP contribution in [0.2, 0.25) is 0 Å². The highest BCUT2D eigenvalue weighted by Crippen LogP contribution is 2.30. The summed E-state index contributed by atoms with van der Waals surface area (Å²) >= 11 is 0. The van der Waals surface area contributed by atoms with E-state index in [-0.39, 0.29) is 5.56 Å². The molecule has 4 aromatic rings. The molecule has 0 unspecified atom stereocenters. The third kappa shape index (κ3) is 2.30. The summed E-state index contributed by atoms with van der Waals surface area (Å²) in [7, 11) is 1.64. The number of para-hydroxylation sites is 2. The van der Waals surface area contributed by atoms with Crippen molar-refractivity contribution in [1.82, 2.24) is 19.3 Å². The fraction of sp³-hybridized carbons (Fsp3) is 0.150. The van der Waals surface area contributed by atoms with Crippen LogP contribution in [-0.4, -0.2) is 26.4 Å². The minimum atomic E-state index is -0.185. The van der Waals surface area contributed by atoms with Crippen LogP contribution >= 0.6 is 0 Å². The molecule has 6 heteroatoms. The van der Waals surface area contributed by atoms with E-state index in [1.807, 2.05) is 48.7 Å². The third-order valence-electron chi connectivity index (χ3n) is 4.59. The van der Waals surface area contributed by atoms with Crippen LogP contribution in [-0.2, 0) is 0 Å². The molecule has 3 heterocycles. The first-order valence-electron chi connectivity index (χ1n) is 8.28. The lowest BCUT2D eigenvalue weighted by Gasteiger charge is -2.13. The Balaban J connectivity index is 2.04. The number of aromatic nitrogens is 4. The van der Waals surface area contributed by atoms with Gasteiger partial charge in [-0.15, -0.1) is 0 Å². The van der Waals surface area contributed by atoms with Crippen molar-refractivity contribution in [3.63, 3.8) is 0 Å². The standard InChI is InChI=1S/C20H18N4O2/c1-13-15-12-22-24(18-10-6-7-11-21-18)20(25)19(15)14(2)23(13)16-8-4-5-9-17(16)26-3/h4-12H,1-3H3. The largest absolute Gasteiger partial charge is 0.495 e. The van der Waals surface area contributed by atoms with Crippen molar-refractivity contribution in [2.24, 2.45) is 0 Å². The number of fused-ring (bicyclic) bond motifs is 1. The number of methoxy groups -OCH3 is 1. The van der Waals surface area contributed by atoms with E-state index >= 15 is 0 Å². The average molecular weight is 346 g/mol. The second kappa shape index (κ2) is 6.15. The summed E-state index contributed by atoms with van der Waals surface area (Å²) in [5.74, 6) is 1.25. The first kappa shape index (κ1) is 16.1. The van der Waals surface area contributed by atoms with E-state index in [1.165, 1.54) is 4.68 Å². The highest BCUT2D eigenvalue weighted by atomic mass is 16.5. The minimum absolute atomic E-state index is 0.185. The highest BCUT2D eigenvalue weighted by molar-refractivity contribution is 5.88. The van der Waals surface area contributed by atoms with E-state index in [2.05, 4.69) is 10.1 Å². The molecule has 26 heavy (non-hydrogen) atoms. The second-order valence-electron chi connectivity index (χ2n) is 6.02. The van der Waals surface area contributed by atoms with Gasteiger partial charge >= 0.3 is 0 Å². The van der Waals surface area contributed by atoms with Crippen molar-refractivity contribution in [3.8, 4) is 17.3 Å². The molecular formula is C20H18N4O2. The van der Waals surface area contributed by atoms with Gasteiger partial charge in [0.2, 0.25) is 0 Å². The topological polar surface area (TPSA) is 61.9 Å². The van der Waals surface area contributed by atoms with Crippen LogP contribution in [0.3, 0.4) is 0 Å². The third-order valence-corrected chi connectivity index (χ3v) is 4.59. The van der Waals surface area contributed by atoms with Crippen LogP contribution in [0.4, 0.5) is 0 Å². The Morgan fingerprint density at radius 3 is 2.50 bits per heavy atom. The molecule has 0 saturated heterocycles. The van der Waals surface area contributed by atoms with E-state index < -0.39 is 0 Å². The second-order valence-corrected chi connectivity index (χ2v) is 6.02. The molecule has 0 spiro atoms. The van der Waals surface area contributed by atoms with Gasteiger partial charge in [0.05, 0.1) is 24.4 Å². The Labute approximate surface area is 150 Å². The molecular weight excluding hydrogens is 328 g/mol. The SMILES string of the molecule is COc1ccccc1-n1c(C)c2cnn(-c3ccccn3)c(=O)c2c1C. The molecule has 0 atom stereocenters. The maximum atomic E-state index is 13.1. The number of hydrogen-bond acceptors (Lipinski definition) is 4. The van der Waals surface area contributed by atoms with Gasteiger partial charge in [0.1, 0.15) is 5.75 Å². The van der Waals surface area contributed by atoms with Crippen LogP contribution in [0.15, 0.2) is 59.7 Å². The number of rotatable bonds is 3. The number of nitrogens with zero attached hydrogens (tertiary/aromatic N) is 4. The van der Waals surface area contributed by atoms with Crippen molar-refractivity contribution in [3.05, 3.63) is 76.6 Å². The zero-order valence-corrected chi connectivity index (χ0v) is 14.8. The maximum Gasteiger partial charge on any atom is 0.282 e. The Bertz CT molecular complexity index is 1160. The van der Waals surface area contributed by atoms with Crippen molar-refractivity contribution in [1.29, 1.82) is 0 Å². The number of benzene rings is 1. The average Bonchev–Trinajstić information content (AvgIpc) is 2.93. The Morgan fingerprint density at radius 2 is 1.77 bits per heavy atom. The lowest BCUT2D eigenvalue weighted by Crippen LogP contribution is -2.21. The lowest BCUT2D eigenvalue weighted by molar-refractivity contribution is 0.412. The van der Waals surface area contributed by atoms with Crippen LogP contribution in [0, 0.1) is 13.8 Å². The van der Waals surface area contributed by atoms with E-state index in [9.17, 15) is 4.79 Å². The predicted molar refractivity (Wildman–Crippen MR) is 100 cm³/mol. The fourth-order valence-corrected chi connectivity index (χ4v) is 3.38. The first-order valence-corrected chi connectivity index (χ1v) is 8.28. The van der Waals surface area contributed by atoms with E-state index in [0.29, 0.717) is 11.2 Å². The van der Waals surface area contributed by atoms with Gasteiger partial charge in [0.25, 0.3) is 5.56 Å². The zero-order chi connectivity index (χ0) is 18.3. The van der Waals surface area contributed by atoms with Crippen LogP contribution in [0.25, 0.3) is 22.3 Å². The van der Waals surface area contributed by atoms with Gasteiger partial charge in [-0.3, -0.25) is 4.79 Å². The lowest BCUT2D eigenvalue weighted by atomic mass is 10.2. The summed E-state index contributed by atoms with van der Waals surface area (Å²) in [5, 5.41) is 5.78. The van der Waals surface area contributed by atoms with Gasteiger partial charge in [-0.25, -0.2) is 4.98 Å². The molecule has 0 radical (unpaired) electrons. The van der Waals surface area contributed by atoms with Crippen molar-refractivity contribution in [2.75, 3.05) is 7.11 Å². The molecule has 0 saturated carbocycles. The molecule has 0 aliphatic heterocycles. The van der Waals surface area contributed by atoms with Crippen LogP contribution < -0.4 is 10.3 Å². The van der Waals surface area contributed by atoms with Crippen molar-refractivity contribution < 1.29 is 4.74 Å². The van der Waals surface area contributed by atoms with Crippen molar-refractivity contribution >= 4 is 10.8 Å². The normalized spacial score (nSPS) is 11.0. The Kier molecular flexibility index (Phi) is 3.80. The van der Waals surface area contributed by atoms with E-state index in [0.717, 1.165) is 28.2 Å². The molecule has 0 bridgehead atoms. The fourth-order valence-electron chi connectivity index (χ4n) is 3.38. The van der Waals surface area contributed by atoms with Gasteiger partial charge in [0.15, 0.2) is 5.82 Å². The molecule has 0 amide bonds. The maximum absolute atomic E-state index is 13.1. The number of hydrogen-bond donors (Lipinski definition) is 0. The van der Waals surface area contributed by atoms with E-state index in [4.69, 9.17) is 4.74 Å². The number of pyridine rings is 1. The van der Waals surface area contributed by atoms with Gasteiger partial charge in [0, 0.05) is 23.0 Å². The number of ether oxygens (including phenoxy) is 1. The van der Waals surface area contributed by atoms with Gasteiger partial charge < -0.3 is 9.30 Å². The molecule has 0 fully saturated rings. The van der Waals surface area contributed by atoms with Gasteiger partial charge in [-0.05, 0) is 38.1 Å². The summed E-state index contributed by atoms with van der Waals surface area (Å²) in [4.78, 5) is 17.4. The van der Waals surface area contributed by atoms with Gasteiger partial charge in [-0.2, -0.15) is 9.78 Å². The summed E-state index contributed by atoms with van der Waals surface area (Å²) in [6.07, 6.45) is 3.37. The Morgan fingerprint density at radius 1 is 1.00 bits per heavy atom. The molecule has 0 aliphatic carbocycles. The highest BCUT2D eigenvalue weighted by Gasteiger charge is 2.19. The molecule has 6 nitrogen and oxygen atoms in total. The number of aryl methyl sites for hydroxylation is 2. The molecule has 1 aromatic carbocycles. The molecule has 0 aliphatic rings. The van der Waals surface area contributed by atoms with E-state index in [1.54, 1.807) is 31.6 Å². The smallest absolute Gasteiger partial charge is 0.282 e. The molecule has 0 N–H and O–H groups in total. The van der Waals surface area contributed by atoms with Crippen LogP contribution in [0.1, 0.15) is 11.4 Å². The van der Waals surface area contributed by atoms with Gasteiger partial charge in [-0.1, -0.05) is 18.2 Å². The minimum Gasteiger partial charge on any atom is -0.495 e. The monoisotopic (exact) mass is 346 g/mol. The first-order chi connectivity index (χ1) is 12.6. The van der Waals surface area contributed by atoms with Crippen LogP contribution in [0.5, 0.6) is 5.75 Å². The summed E-state index contributed by atoms with van der Waals surface area (Å²) in [6, 6.07) is 13.2. The zero-order valence-electron chi connectivity index (χ0n) is 14.8. The molecule has 130 valence electrons. The summed E-state index contributed by atoms with van der Waals surface area (Å²) in [5.41, 5.74) is 2.50.